The summed E-state index contributed by atoms with van der Waals surface area (Å²) < 4.78 is 32.5. The maximum Gasteiger partial charge on any atom is 1.00 e. The zero-order valence-corrected chi connectivity index (χ0v) is 13.4. The molecular formula is C12H9NaO3S2. The third-order valence-electron chi connectivity index (χ3n) is 2.91. The van der Waals surface area contributed by atoms with Crippen LogP contribution in [-0.2, 0) is 15.9 Å². The molecule has 0 amide bonds. The number of rotatable bonds is 1. The molecule has 18 heavy (non-hydrogen) atoms. The summed E-state index contributed by atoms with van der Waals surface area (Å²) in [5.74, 6) is 0.590. The van der Waals surface area contributed by atoms with Crippen LogP contribution >= 0.6 is 11.8 Å². The van der Waals surface area contributed by atoms with Gasteiger partial charge in [-0.05, 0) is 34.0 Å². The molecule has 0 radical (unpaired) electrons. The molecule has 0 aliphatic carbocycles. The van der Waals surface area contributed by atoms with Gasteiger partial charge in [0.15, 0.2) is 0 Å². The monoisotopic (exact) mass is 288 g/mol. The minimum absolute atomic E-state index is 0. The summed E-state index contributed by atoms with van der Waals surface area (Å²) in [7, 11) is -4.27. The molecule has 3 nitrogen and oxygen atoms in total. The van der Waals surface area contributed by atoms with E-state index in [0.717, 1.165) is 16.3 Å². The summed E-state index contributed by atoms with van der Waals surface area (Å²) in [5, 5.41) is 2.05. The largest absolute Gasteiger partial charge is 1.00 e. The number of benzene rings is 2. The summed E-state index contributed by atoms with van der Waals surface area (Å²) >= 11 is 1.19. The van der Waals surface area contributed by atoms with Gasteiger partial charge in [-0.15, -0.1) is 11.8 Å². The molecule has 0 bridgehead atoms. The number of hydrogen-bond acceptors (Lipinski definition) is 4. The molecular weight excluding hydrogens is 279 g/mol. The molecule has 1 unspecified atom stereocenters. The Bertz CT molecular complexity index is 698. The van der Waals surface area contributed by atoms with Gasteiger partial charge in [0.25, 0.3) is 0 Å². The molecule has 2 aromatic carbocycles. The summed E-state index contributed by atoms with van der Waals surface area (Å²) in [6, 6.07) is 11.6. The van der Waals surface area contributed by atoms with Crippen molar-refractivity contribution in [2.45, 2.75) is 10.3 Å². The van der Waals surface area contributed by atoms with E-state index in [1.54, 1.807) is 0 Å². The normalized spacial score (nSPS) is 18.4. The van der Waals surface area contributed by atoms with Crippen LogP contribution in [0.25, 0.3) is 10.8 Å². The molecule has 3 rings (SSSR count). The van der Waals surface area contributed by atoms with Gasteiger partial charge in [0.1, 0.15) is 14.7 Å². The van der Waals surface area contributed by atoms with E-state index in [-0.39, 0.29) is 29.6 Å². The molecule has 0 N–H and O–H groups in total. The van der Waals surface area contributed by atoms with Crippen LogP contribution in [-0.4, -0.2) is 13.0 Å². The quantitative estimate of drug-likeness (QED) is 0.531. The van der Waals surface area contributed by atoms with Gasteiger partial charge in [-0.1, -0.05) is 24.3 Å². The predicted octanol–water partition coefficient (Wildman–Crippen LogP) is -0.366. The SMILES string of the molecule is O=S(=O)([O-])C1SCc2cc3ccccc3cc21.[Na+]. The first kappa shape index (κ1) is 14.4. The first-order valence-corrected chi connectivity index (χ1v) is 7.65. The van der Waals surface area contributed by atoms with E-state index in [2.05, 4.69) is 0 Å². The molecule has 1 atom stereocenters. The molecule has 1 aliphatic rings. The van der Waals surface area contributed by atoms with Crippen LogP contribution in [0, 0.1) is 0 Å². The van der Waals surface area contributed by atoms with Crippen LogP contribution < -0.4 is 29.6 Å². The minimum atomic E-state index is -4.27. The molecule has 0 fully saturated rings. The molecule has 2 aromatic rings. The van der Waals surface area contributed by atoms with E-state index in [4.69, 9.17) is 0 Å². The van der Waals surface area contributed by atoms with Gasteiger partial charge in [0.2, 0.25) is 0 Å². The standard InChI is InChI=1S/C12H10O3S2.Na/c13-17(14,15)12-11-6-9-4-2-1-3-8(9)5-10(11)7-16-12;/h1-6,12H,7H2,(H,13,14,15);/q;+1/p-1. The van der Waals surface area contributed by atoms with Crippen molar-refractivity contribution in [3.05, 3.63) is 47.5 Å². The van der Waals surface area contributed by atoms with E-state index in [1.807, 2.05) is 36.4 Å². The van der Waals surface area contributed by atoms with E-state index in [1.165, 1.54) is 11.8 Å². The molecule has 88 valence electrons. The molecule has 1 aliphatic heterocycles. The van der Waals surface area contributed by atoms with Crippen LogP contribution in [0.3, 0.4) is 0 Å². The fraction of sp³-hybridized carbons (Fsp3) is 0.167. The Kier molecular flexibility index (Phi) is 4.11. The Hall–Kier alpha value is -0.0400. The zero-order chi connectivity index (χ0) is 12.0. The van der Waals surface area contributed by atoms with Crippen LogP contribution in [0.2, 0.25) is 0 Å². The molecule has 1 heterocycles. The Morgan fingerprint density at radius 2 is 1.78 bits per heavy atom. The van der Waals surface area contributed by atoms with Gasteiger partial charge < -0.3 is 4.55 Å². The van der Waals surface area contributed by atoms with Crippen LogP contribution in [0.1, 0.15) is 15.7 Å². The van der Waals surface area contributed by atoms with Crippen molar-refractivity contribution < 1.29 is 42.5 Å². The maximum absolute atomic E-state index is 11.2. The summed E-state index contributed by atoms with van der Waals surface area (Å²) in [6.07, 6.45) is 0. The number of fused-ring (bicyclic) bond motifs is 2. The molecule has 0 spiro atoms. The van der Waals surface area contributed by atoms with Crippen molar-refractivity contribution >= 4 is 32.7 Å². The van der Waals surface area contributed by atoms with Gasteiger partial charge in [-0.25, -0.2) is 8.42 Å². The van der Waals surface area contributed by atoms with E-state index < -0.39 is 14.7 Å². The van der Waals surface area contributed by atoms with Crippen molar-refractivity contribution in [1.82, 2.24) is 0 Å². The third kappa shape index (κ3) is 2.48. The van der Waals surface area contributed by atoms with Gasteiger partial charge in [-0.3, -0.25) is 0 Å². The predicted molar refractivity (Wildman–Crippen MR) is 67.7 cm³/mol. The topological polar surface area (TPSA) is 57.2 Å². The number of hydrogen-bond donors (Lipinski definition) is 0. The average molecular weight is 288 g/mol. The average Bonchev–Trinajstić information content (AvgIpc) is 2.68. The second-order valence-electron chi connectivity index (χ2n) is 4.03. The van der Waals surface area contributed by atoms with Gasteiger partial charge in [-0.2, -0.15) is 0 Å². The van der Waals surface area contributed by atoms with Gasteiger partial charge in [0.05, 0.1) is 0 Å². The summed E-state index contributed by atoms with van der Waals surface area (Å²) in [5.41, 5.74) is 1.61. The Morgan fingerprint density at radius 1 is 1.17 bits per heavy atom. The molecule has 0 saturated carbocycles. The summed E-state index contributed by atoms with van der Waals surface area (Å²) in [4.78, 5) is 0. The fourth-order valence-electron chi connectivity index (χ4n) is 2.14. The van der Waals surface area contributed by atoms with Gasteiger partial charge >= 0.3 is 29.6 Å². The molecule has 0 saturated heterocycles. The second kappa shape index (κ2) is 5.15. The summed E-state index contributed by atoms with van der Waals surface area (Å²) in [6.45, 7) is 0. The third-order valence-corrected chi connectivity index (χ3v) is 5.84. The van der Waals surface area contributed by atoms with Gasteiger partial charge in [0, 0.05) is 5.75 Å². The maximum atomic E-state index is 11.2. The van der Waals surface area contributed by atoms with Crippen LogP contribution in [0.5, 0.6) is 0 Å². The Morgan fingerprint density at radius 3 is 2.39 bits per heavy atom. The first-order chi connectivity index (χ1) is 8.05. The minimum Gasteiger partial charge on any atom is -0.747 e. The zero-order valence-electron chi connectivity index (χ0n) is 9.79. The second-order valence-corrected chi connectivity index (χ2v) is 6.88. The van der Waals surface area contributed by atoms with Crippen molar-refractivity contribution in [3.8, 4) is 0 Å². The van der Waals surface area contributed by atoms with E-state index >= 15 is 0 Å². The first-order valence-electron chi connectivity index (χ1n) is 5.13. The van der Waals surface area contributed by atoms with Crippen molar-refractivity contribution in [2.75, 3.05) is 0 Å². The number of thioether (sulfide) groups is 1. The van der Waals surface area contributed by atoms with Crippen LogP contribution in [0.4, 0.5) is 0 Å². The smallest absolute Gasteiger partial charge is 0.747 e. The van der Waals surface area contributed by atoms with Crippen molar-refractivity contribution in [2.24, 2.45) is 0 Å². The van der Waals surface area contributed by atoms with Crippen molar-refractivity contribution in [3.63, 3.8) is 0 Å². The van der Waals surface area contributed by atoms with E-state index in [0.29, 0.717) is 11.3 Å². The van der Waals surface area contributed by atoms with Crippen LogP contribution in [0.15, 0.2) is 36.4 Å². The Balaban J connectivity index is 0.00000120. The molecule has 0 aromatic heterocycles. The fourth-order valence-corrected chi connectivity index (χ4v) is 4.52. The molecule has 6 heteroatoms. The van der Waals surface area contributed by atoms with Crippen molar-refractivity contribution in [1.29, 1.82) is 0 Å². The Labute approximate surface area is 132 Å². The van der Waals surface area contributed by atoms with E-state index in [9.17, 15) is 13.0 Å².